The number of aromatic nitrogens is 2. The number of piperidine rings is 1. The molecule has 6 heteroatoms. The lowest BCUT2D eigenvalue weighted by atomic mass is 10.1. The first-order chi connectivity index (χ1) is 6.77. The van der Waals surface area contributed by atoms with Gasteiger partial charge in [0.05, 0.1) is 0 Å². The number of anilines is 1. The molecule has 0 aliphatic carbocycles. The molecule has 1 aromatic heterocycles. The zero-order valence-electron chi connectivity index (χ0n) is 7.62. The molecule has 0 bridgehead atoms. The number of rotatable bonds is 2. The summed E-state index contributed by atoms with van der Waals surface area (Å²) in [6.07, 6.45) is 0.954. The van der Waals surface area contributed by atoms with Gasteiger partial charge in [-0.25, -0.2) is 8.78 Å². The highest BCUT2D eigenvalue weighted by molar-refractivity contribution is 7.15. The molecule has 0 amide bonds. The van der Waals surface area contributed by atoms with Gasteiger partial charge in [-0.1, -0.05) is 11.3 Å². The van der Waals surface area contributed by atoms with Crippen molar-refractivity contribution in [2.24, 2.45) is 0 Å². The van der Waals surface area contributed by atoms with Crippen molar-refractivity contribution in [2.75, 3.05) is 18.0 Å². The standard InChI is InChI=1S/C8H11F2N3S/c9-6(10)7-11-12-8(14-7)13-4-2-1-3-5-13/h6H,1-5H2. The van der Waals surface area contributed by atoms with Crippen LogP contribution in [0.4, 0.5) is 13.9 Å². The quantitative estimate of drug-likeness (QED) is 0.765. The molecule has 1 aliphatic rings. The zero-order chi connectivity index (χ0) is 9.97. The Labute approximate surface area is 84.8 Å². The first-order valence-corrected chi connectivity index (χ1v) is 5.45. The Bertz CT molecular complexity index is 297. The van der Waals surface area contributed by atoms with E-state index in [9.17, 15) is 8.78 Å². The fourth-order valence-electron chi connectivity index (χ4n) is 1.53. The van der Waals surface area contributed by atoms with Crippen LogP contribution in [-0.2, 0) is 0 Å². The van der Waals surface area contributed by atoms with E-state index in [4.69, 9.17) is 0 Å². The molecule has 0 radical (unpaired) electrons. The van der Waals surface area contributed by atoms with Crippen molar-refractivity contribution in [3.8, 4) is 0 Å². The highest BCUT2D eigenvalue weighted by Crippen LogP contribution is 2.28. The summed E-state index contributed by atoms with van der Waals surface area (Å²) >= 11 is 1.00. The first-order valence-electron chi connectivity index (χ1n) is 4.64. The molecule has 0 spiro atoms. The highest BCUT2D eigenvalue weighted by atomic mass is 32.1. The molecule has 0 unspecified atom stereocenters. The van der Waals surface area contributed by atoms with E-state index in [0.29, 0.717) is 5.13 Å². The van der Waals surface area contributed by atoms with Crippen LogP contribution in [-0.4, -0.2) is 23.3 Å². The van der Waals surface area contributed by atoms with Crippen molar-refractivity contribution in [3.63, 3.8) is 0 Å². The summed E-state index contributed by atoms with van der Waals surface area (Å²) < 4.78 is 24.5. The average molecular weight is 219 g/mol. The summed E-state index contributed by atoms with van der Waals surface area (Å²) in [5.41, 5.74) is 0. The van der Waals surface area contributed by atoms with Gasteiger partial charge in [0.1, 0.15) is 0 Å². The predicted octanol–water partition coefficient (Wildman–Crippen LogP) is 2.47. The van der Waals surface area contributed by atoms with E-state index >= 15 is 0 Å². The van der Waals surface area contributed by atoms with Crippen LogP contribution < -0.4 is 4.90 Å². The Morgan fingerprint density at radius 3 is 2.43 bits per heavy atom. The molecule has 14 heavy (non-hydrogen) atoms. The molecule has 1 aliphatic heterocycles. The summed E-state index contributed by atoms with van der Waals surface area (Å²) in [5, 5.41) is 7.71. The summed E-state index contributed by atoms with van der Waals surface area (Å²) in [5.74, 6) is 0. The number of nitrogens with zero attached hydrogens (tertiary/aromatic N) is 3. The summed E-state index contributed by atoms with van der Waals surface area (Å²) in [6.45, 7) is 1.83. The van der Waals surface area contributed by atoms with Gasteiger partial charge in [0.2, 0.25) is 5.13 Å². The second kappa shape index (κ2) is 4.16. The largest absolute Gasteiger partial charge is 0.347 e. The van der Waals surface area contributed by atoms with Gasteiger partial charge in [-0.05, 0) is 19.3 Å². The Kier molecular flexibility index (Phi) is 2.90. The molecule has 2 rings (SSSR count). The lowest BCUT2D eigenvalue weighted by molar-refractivity contribution is 0.150. The minimum absolute atomic E-state index is 0.175. The normalized spacial score (nSPS) is 17.8. The molecule has 2 heterocycles. The second-order valence-electron chi connectivity index (χ2n) is 3.27. The van der Waals surface area contributed by atoms with E-state index < -0.39 is 6.43 Å². The van der Waals surface area contributed by atoms with Crippen LogP contribution >= 0.6 is 11.3 Å². The molecule has 0 aromatic carbocycles. The van der Waals surface area contributed by atoms with Crippen LogP contribution in [0.15, 0.2) is 0 Å². The third kappa shape index (κ3) is 2.00. The number of hydrogen-bond donors (Lipinski definition) is 0. The smallest absolute Gasteiger partial charge is 0.291 e. The SMILES string of the molecule is FC(F)c1nnc(N2CCCCC2)s1. The van der Waals surface area contributed by atoms with Crippen LogP contribution in [0.5, 0.6) is 0 Å². The van der Waals surface area contributed by atoms with E-state index in [0.717, 1.165) is 37.3 Å². The molecule has 3 nitrogen and oxygen atoms in total. The number of halogens is 2. The summed E-state index contributed by atoms with van der Waals surface area (Å²) in [6, 6.07) is 0. The molecule has 0 saturated carbocycles. The van der Waals surface area contributed by atoms with Crippen molar-refractivity contribution >= 4 is 16.5 Å². The molecular formula is C8H11F2N3S. The molecule has 1 aromatic rings. The maximum Gasteiger partial charge on any atom is 0.291 e. The van der Waals surface area contributed by atoms with E-state index in [1.165, 1.54) is 6.42 Å². The van der Waals surface area contributed by atoms with Gasteiger partial charge < -0.3 is 4.90 Å². The number of hydrogen-bond acceptors (Lipinski definition) is 4. The van der Waals surface area contributed by atoms with Gasteiger partial charge >= 0.3 is 0 Å². The molecular weight excluding hydrogens is 208 g/mol. The molecule has 78 valence electrons. The molecule has 1 saturated heterocycles. The van der Waals surface area contributed by atoms with E-state index in [-0.39, 0.29) is 5.01 Å². The summed E-state index contributed by atoms with van der Waals surface area (Å²) in [4.78, 5) is 2.03. The van der Waals surface area contributed by atoms with Gasteiger partial charge in [0.25, 0.3) is 6.43 Å². The van der Waals surface area contributed by atoms with Crippen LogP contribution in [0, 0.1) is 0 Å². The third-order valence-corrected chi connectivity index (χ3v) is 3.23. The van der Waals surface area contributed by atoms with Crippen LogP contribution in [0.2, 0.25) is 0 Å². The molecule has 0 atom stereocenters. The van der Waals surface area contributed by atoms with Crippen molar-refractivity contribution in [3.05, 3.63) is 5.01 Å². The van der Waals surface area contributed by atoms with Gasteiger partial charge in [0.15, 0.2) is 5.01 Å². The predicted molar refractivity (Wildman–Crippen MR) is 50.9 cm³/mol. The lowest BCUT2D eigenvalue weighted by Crippen LogP contribution is -2.29. The molecule has 0 N–H and O–H groups in total. The average Bonchev–Trinajstić information content (AvgIpc) is 2.68. The van der Waals surface area contributed by atoms with Gasteiger partial charge in [0, 0.05) is 13.1 Å². The van der Waals surface area contributed by atoms with Crippen molar-refractivity contribution < 1.29 is 8.78 Å². The maximum absolute atomic E-state index is 12.2. The third-order valence-electron chi connectivity index (χ3n) is 2.24. The minimum Gasteiger partial charge on any atom is -0.347 e. The van der Waals surface area contributed by atoms with E-state index in [1.54, 1.807) is 0 Å². The number of alkyl halides is 2. The van der Waals surface area contributed by atoms with Crippen molar-refractivity contribution in [1.29, 1.82) is 0 Å². The van der Waals surface area contributed by atoms with Gasteiger partial charge in [-0.15, -0.1) is 10.2 Å². The Morgan fingerprint density at radius 2 is 1.86 bits per heavy atom. The monoisotopic (exact) mass is 219 g/mol. The Morgan fingerprint density at radius 1 is 1.14 bits per heavy atom. The summed E-state index contributed by atoms with van der Waals surface area (Å²) in [7, 11) is 0. The minimum atomic E-state index is -2.49. The van der Waals surface area contributed by atoms with Gasteiger partial charge in [-0.2, -0.15) is 0 Å². The Balaban J connectivity index is 2.07. The first kappa shape index (κ1) is 9.76. The van der Waals surface area contributed by atoms with Crippen molar-refractivity contribution in [1.82, 2.24) is 10.2 Å². The zero-order valence-corrected chi connectivity index (χ0v) is 8.44. The maximum atomic E-state index is 12.2. The van der Waals surface area contributed by atoms with Gasteiger partial charge in [-0.3, -0.25) is 0 Å². The Hall–Kier alpha value is -0.780. The fraction of sp³-hybridized carbons (Fsp3) is 0.750. The second-order valence-corrected chi connectivity index (χ2v) is 4.26. The van der Waals surface area contributed by atoms with E-state index in [1.807, 2.05) is 4.90 Å². The fourth-order valence-corrected chi connectivity index (χ4v) is 2.28. The highest BCUT2D eigenvalue weighted by Gasteiger charge is 2.19. The molecule has 1 fully saturated rings. The topological polar surface area (TPSA) is 29.0 Å². The lowest BCUT2D eigenvalue weighted by Gasteiger charge is -2.25. The van der Waals surface area contributed by atoms with Crippen molar-refractivity contribution in [2.45, 2.75) is 25.7 Å². The van der Waals surface area contributed by atoms with Crippen LogP contribution in [0.3, 0.4) is 0 Å². The van der Waals surface area contributed by atoms with Crippen LogP contribution in [0.1, 0.15) is 30.7 Å². The van der Waals surface area contributed by atoms with Crippen LogP contribution in [0.25, 0.3) is 0 Å². The van der Waals surface area contributed by atoms with E-state index in [2.05, 4.69) is 10.2 Å².